The molecule has 0 saturated carbocycles. The van der Waals surface area contributed by atoms with E-state index in [9.17, 15) is 9.59 Å². The van der Waals surface area contributed by atoms with Crippen molar-refractivity contribution >= 4 is 12.0 Å². The van der Waals surface area contributed by atoms with Crippen LogP contribution in [0.15, 0.2) is 24.5 Å². The van der Waals surface area contributed by atoms with Crippen molar-refractivity contribution in [1.82, 2.24) is 15.6 Å². The molecule has 0 aromatic carbocycles. The maximum atomic E-state index is 11.7. The molecular weight excluding hydrogens is 262 g/mol. The first-order valence-corrected chi connectivity index (χ1v) is 6.21. The molecule has 110 valence electrons. The van der Waals surface area contributed by atoms with Crippen LogP contribution in [0.25, 0.3) is 0 Å². The molecule has 1 rings (SSSR count). The van der Waals surface area contributed by atoms with Gasteiger partial charge >= 0.3 is 12.0 Å². The lowest BCUT2D eigenvalue weighted by atomic mass is 10.1. The van der Waals surface area contributed by atoms with Gasteiger partial charge in [-0.15, -0.1) is 0 Å². The van der Waals surface area contributed by atoms with E-state index in [4.69, 9.17) is 9.84 Å². The normalized spacial score (nSPS) is 13.3. The van der Waals surface area contributed by atoms with Crippen molar-refractivity contribution in [3.05, 3.63) is 30.1 Å². The number of carbonyl (C=O) groups excluding carboxylic acids is 1. The Labute approximate surface area is 117 Å². The molecular formula is C13H19N3O4. The Balaban J connectivity index is 2.38. The van der Waals surface area contributed by atoms with Crippen LogP contribution in [0.5, 0.6) is 0 Å². The molecule has 0 radical (unpaired) electrons. The van der Waals surface area contributed by atoms with Gasteiger partial charge in [0.15, 0.2) is 0 Å². The Morgan fingerprint density at radius 3 is 2.80 bits per heavy atom. The Morgan fingerprint density at radius 1 is 1.50 bits per heavy atom. The van der Waals surface area contributed by atoms with Gasteiger partial charge in [0.1, 0.15) is 0 Å². The third-order valence-corrected chi connectivity index (χ3v) is 2.76. The molecule has 0 aliphatic heterocycles. The minimum atomic E-state index is -0.970. The Hall–Kier alpha value is -2.15. The fourth-order valence-corrected chi connectivity index (χ4v) is 1.60. The number of aliphatic carboxylic acids is 1. The summed E-state index contributed by atoms with van der Waals surface area (Å²) in [5.41, 5.74) is 0.886. The monoisotopic (exact) mass is 281 g/mol. The number of amides is 2. The number of pyridine rings is 1. The van der Waals surface area contributed by atoms with Gasteiger partial charge in [-0.05, 0) is 18.6 Å². The van der Waals surface area contributed by atoms with E-state index in [0.29, 0.717) is 0 Å². The molecule has 1 aromatic rings. The molecule has 0 bridgehead atoms. The maximum absolute atomic E-state index is 11.7. The van der Waals surface area contributed by atoms with Crippen LogP contribution in [-0.4, -0.2) is 41.8 Å². The second-order valence-corrected chi connectivity index (χ2v) is 4.32. The van der Waals surface area contributed by atoms with Crippen molar-refractivity contribution in [2.75, 3.05) is 13.7 Å². The zero-order valence-corrected chi connectivity index (χ0v) is 11.5. The lowest BCUT2D eigenvalue weighted by molar-refractivity contribution is -0.139. The van der Waals surface area contributed by atoms with E-state index in [1.807, 2.05) is 13.0 Å². The van der Waals surface area contributed by atoms with Gasteiger partial charge in [0.2, 0.25) is 0 Å². The largest absolute Gasteiger partial charge is 0.481 e. The van der Waals surface area contributed by atoms with Crippen molar-refractivity contribution in [3.8, 4) is 0 Å². The first-order valence-electron chi connectivity index (χ1n) is 6.21. The summed E-state index contributed by atoms with van der Waals surface area (Å²) in [5.74, 6) is -0.970. The molecule has 3 N–H and O–H groups in total. The highest BCUT2D eigenvalue weighted by atomic mass is 16.5. The quantitative estimate of drug-likeness (QED) is 0.690. The molecule has 1 heterocycles. The summed E-state index contributed by atoms with van der Waals surface area (Å²) in [6.07, 6.45) is 2.63. The number of rotatable bonds is 7. The minimum absolute atomic E-state index is 0.133. The highest BCUT2D eigenvalue weighted by molar-refractivity contribution is 5.74. The molecule has 2 unspecified atom stereocenters. The fourth-order valence-electron chi connectivity index (χ4n) is 1.60. The Bertz CT molecular complexity index is 439. The summed E-state index contributed by atoms with van der Waals surface area (Å²) in [5, 5.41) is 14.0. The third kappa shape index (κ3) is 5.66. The molecule has 0 aliphatic rings. The van der Waals surface area contributed by atoms with Crippen LogP contribution < -0.4 is 10.6 Å². The first kappa shape index (κ1) is 15.9. The number of carboxylic acids is 1. The number of nitrogens with zero attached hydrogens (tertiary/aromatic N) is 1. The summed E-state index contributed by atoms with van der Waals surface area (Å²) in [7, 11) is 1.41. The van der Waals surface area contributed by atoms with Crippen molar-refractivity contribution in [3.63, 3.8) is 0 Å². The van der Waals surface area contributed by atoms with Crippen molar-refractivity contribution in [2.24, 2.45) is 0 Å². The second-order valence-electron chi connectivity index (χ2n) is 4.32. The van der Waals surface area contributed by atoms with E-state index in [1.165, 1.54) is 7.11 Å². The van der Waals surface area contributed by atoms with Crippen LogP contribution in [0.4, 0.5) is 4.79 Å². The number of carboxylic acid groups (broad SMARTS) is 1. The average molecular weight is 281 g/mol. The molecule has 0 aliphatic carbocycles. The Morgan fingerprint density at radius 2 is 2.25 bits per heavy atom. The standard InChI is InChI=1S/C13H19N3O4/c1-9(10-4-3-5-14-7-10)16-13(19)15-8-11(20-2)6-12(17)18/h3-5,7,9,11H,6,8H2,1-2H3,(H,17,18)(H2,15,16,19). The van der Waals surface area contributed by atoms with Gasteiger partial charge in [0.05, 0.1) is 18.6 Å². The van der Waals surface area contributed by atoms with Crippen molar-refractivity contribution < 1.29 is 19.4 Å². The SMILES string of the molecule is COC(CNC(=O)NC(C)c1cccnc1)CC(=O)O. The number of hydrogen-bond donors (Lipinski definition) is 3. The highest BCUT2D eigenvalue weighted by Gasteiger charge is 2.14. The van der Waals surface area contributed by atoms with Gasteiger partial charge in [0.25, 0.3) is 0 Å². The van der Waals surface area contributed by atoms with Gasteiger partial charge < -0.3 is 20.5 Å². The maximum Gasteiger partial charge on any atom is 0.315 e. The lowest BCUT2D eigenvalue weighted by Crippen LogP contribution is -2.41. The molecule has 1 aromatic heterocycles. The fraction of sp³-hybridized carbons (Fsp3) is 0.462. The minimum Gasteiger partial charge on any atom is -0.481 e. The topological polar surface area (TPSA) is 101 Å². The predicted octanol–water partition coefficient (Wildman–Crippen LogP) is 0.931. The zero-order valence-electron chi connectivity index (χ0n) is 11.5. The van der Waals surface area contributed by atoms with Crippen molar-refractivity contribution in [1.29, 1.82) is 0 Å². The zero-order chi connectivity index (χ0) is 15.0. The molecule has 20 heavy (non-hydrogen) atoms. The molecule has 0 spiro atoms. The number of carbonyl (C=O) groups is 2. The summed E-state index contributed by atoms with van der Waals surface area (Å²) in [6, 6.07) is 3.08. The van der Waals surface area contributed by atoms with Gasteiger partial charge in [0, 0.05) is 26.0 Å². The number of nitrogens with one attached hydrogen (secondary N) is 2. The van der Waals surface area contributed by atoms with Gasteiger partial charge in [-0.3, -0.25) is 9.78 Å². The number of methoxy groups -OCH3 is 1. The van der Waals surface area contributed by atoms with E-state index in [-0.39, 0.29) is 25.0 Å². The first-order chi connectivity index (χ1) is 9.52. The second kappa shape index (κ2) is 8.11. The Kier molecular flexibility index (Phi) is 6.45. The number of aromatic nitrogens is 1. The molecule has 2 amide bonds. The lowest BCUT2D eigenvalue weighted by Gasteiger charge is -2.17. The summed E-state index contributed by atoms with van der Waals surface area (Å²) >= 11 is 0. The van der Waals surface area contributed by atoms with E-state index in [0.717, 1.165) is 5.56 Å². The van der Waals surface area contributed by atoms with Crippen LogP contribution >= 0.6 is 0 Å². The van der Waals surface area contributed by atoms with Crippen molar-refractivity contribution in [2.45, 2.75) is 25.5 Å². The van der Waals surface area contributed by atoms with E-state index >= 15 is 0 Å². The smallest absolute Gasteiger partial charge is 0.315 e. The third-order valence-electron chi connectivity index (χ3n) is 2.76. The molecule has 0 saturated heterocycles. The van der Waals surface area contributed by atoms with Crippen LogP contribution in [0.3, 0.4) is 0 Å². The molecule has 0 fully saturated rings. The molecule has 7 nitrogen and oxygen atoms in total. The van der Waals surface area contributed by atoms with E-state index in [1.54, 1.807) is 18.5 Å². The molecule has 2 atom stereocenters. The van der Waals surface area contributed by atoms with Gasteiger partial charge in [-0.25, -0.2) is 4.79 Å². The number of hydrogen-bond acceptors (Lipinski definition) is 4. The van der Waals surface area contributed by atoms with E-state index < -0.39 is 12.1 Å². The summed E-state index contributed by atoms with van der Waals surface area (Å²) < 4.78 is 4.97. The molecule has 7 heteroatoms. The van der Waals surface area contributed by atoms with Gasteiger partial charge in [-0.2, -0.15) is 0 Å². The highest BCUT2D eigenvalue weighted by Crippen LogP contribution is 2.09. The van der Waals surface area contributed by atoms with E-state index in [2.05, 4.69) is 15.6 Å². The average Bonchev–Trinajstić information content (AvgIpc) is 2.44. The number of urea groups is 1. The number of ether oxygens (including phenoxy) is 1. The van der Waals surface area contributed by atoms with Crippen LogP contribution in [-0.2, 0) is 9.53 Å². The predicted molar refractivity (Wildman–Crippen MR) is 72.2 cm³/mol. The summed E-state index contributed by atoms with van der Waals surface area (Å²) in [4.78, 5) is 26.2. The summed E-state index contributed by atoms with van der Waals surface area (Å²) in [6.45, 7) is 1.97. The van der Waals surface area contributed by atoms with Crippen LogP contribution in [0.1, 0.15) is 24.9 Å². The van der Waals surface area contributed by atoms with Crippen LogP contribution in [0.2, 0.25) is 0 Å². The van der Waals surface area contributed by atoms with Crippen LogP contribution in [0, 0.1) is 0 Å². The van der Waals surface area contributed by atoms with Gasteiger partial charge in [-0.1, -0.05) is 6.07 Å².